The molecule has 0 unspecified atom stereocenters. The van der Waals surface area contributed by atoms with Crippen LogP contribution < -0.4 is 0 Å². The molecule has 1 aliphatic rings. The summed E-state index contributed by atoms with van der Waals surface area (Å²) in [6, 6.07) is 6.31. The Hall–Kier alpha value is -1.64. The summed E-state index contributed by atoms with van der Waals surface area (Å²) in [5.74, 6) is -0.786. The van der Waals surface area contributed by atoms with Gasteiger partial charge in [0.25, 0.3) is 0 Å². The SMILES string of the molecule is O=C(O)c1cccc(C(=O)C2CCCC2)c1. The van der Waals surface area contributed by atoms with Crippen LogP contribution in [0.2, 0.25) is 0 Å². The Morgan fingerprint density at radius 3 is 2.38 bits per heavy atom. The lowest BCUT2D eigenvalue weighted by Gasteiger charge is -2.08. The van der Waals surface area contributed by atoms with Gasteiger partial charge in [-0.2, -0.15) is 0 Å². The predicted octanol–water partition coefficient (Wildman–Crippen LogP) is 2.76. The molecule has 16 heavy (non-hydrogen) atoms. The first-order chi connectivity index (χ1) is 7.68. The minimum Gasteiger partial charge on any atom is -0.478 e. The Morgan fingerprint density at radius 2 is 1.75 bits per heavy atom. The second-order valence-electron chi connectivity index (χ2n) is 4.23. The molecule has 3 nitrogen and oxygen atoms in total. The molecular formula is C13H14O3. The van der Waals surface area contributed by atoms with E-state index in [1.54, 1.807) is 12.1 Å². The van der Waals surface area contributed by atoms with E-state index in [-0.39, 0.29) is 17.3 Å². The van der Waals surface area contributed by atoms with Gasteiger partial charge in [0.1, 0.15) is 0 Å². The van der Waals surface area contributed by atoms with Gasteiger partial charge in [-0.3, -0.25) is 4.79 Å². The van der Waals surface area contributed by atoms with Crippen LogP contribution in [-0.2, 0) is 0 Å². The highest BCUT2D eigenvalue weighted by atomic mass is 16.4. The van der Waals surface area contributed by atoms with Crippen molar-refractivity contribution >= 4 is 11.8 Å². The summed E-state index contributed by atoms with van der Waals surface area (Å²) in [6.07, 6.45) is 4.09. The van der Waals surface area contributed by atoms with Gasteiger partial charge in [0.15, 0.2) is 5.78 Å². The molecule has 0 aromatic heterocycles. The van der Waals surface area contributed by atoms with Crippen LogP contribution in [0, 0.1) is 5.92 Å². The van der Waals surface area contributed by atoms with Crippen LogP contribution in [0.1, 0.15) is 46.4 Å². The number of benzene rings is 1. The van der Waals surface area contributed by atoms with Crippen LogP contribution in [0.4, 0.5) is 0 Å². The largest absolute Gasteiger partial charge is 0.478 e. The van der Waals surface area contributed by atoms with Crippen molar-refractivity contribution in [2.24, 2.45) is 5.92 Å². The zero-order chi connectivity index (χ0) is 11.5. The lowest BCUT2D eigenvalue weighted by molar-refractivity contribution is 0.0697. The maximum atomic E-state index is 12.0. The quantitative estimate of drug-likeness (QED) is 0.793. The van der Waals surface area contributed by atoms with Crippen molar-refractivity contribution in [1.29, 1.82) is 0 Å². The molecule has 1 fully saturated rings. The predicted molar refractivity (Wildman–Crippen MR) is 59.7 cm³/mol. The summed E-state index contributed by atoms with van der Waals surface area (Å²) in [5, 5.41) is 8.85. The fourth-order valence-electron chi connectivity index (χ4n) is 2.23. The highest BCUT2D eigenvalue weighted by Crippen LogP contribution is 2.28. The van der Waals surface area contributed by atoms with Crippen molar-refractivity contribution in [2.75, 3.05) is 0 Å². The number of carboxylic acid groups (broad SMARTS) is 1. The van der Waals surface area contributed by atoms with Crippen LogP contribution in [-0.4, -0.2) is 16.9 Å². The highest BCUT2D eigenvalue weighted by molar-refractivity contribution is 6.00. The molecular weight excluding hydrogens is 204 g/mol. The van der Waals surface area contributed by atoms with Gasteiger partial charge in [0.05, 0.1) is 5.56 Å². The van der Waals surface area contributed by atoms with Crippen molar-refractivity contribution in [3.63, 3.8) is 0 Å². The molecule has 0 radical (unpaired) electrons. The molecule has 0 saturated heterocycles. The number of carbonyl (C=O) groups excluding carboxylic acids is 1. The Morgan fingerprint density at radius 1 is 1.12 bits per heavy atom. The van der Waals surface area contributed by atoms with Crippen LogP contribution in [0.5, 0.6) is 0 Å². The standard InChI is InChI=1S/C13H14O3/c14-12(9-4-1-2-5-9)10-6-3-7-11(8-10)13(15)16/h3,6-9H,1-2,4-5H2,(H,15,16). The Bertz CT molecular complexity index is 417. The molecule has 1 aromatic rings. The number of aromatic carboxylic acids is 1. The monoisotopic (exact) mass is 218 g/mol. The zero-order valence-electron chi connectivity index (χ0n) is 8.98. The Kier molecular flexibility index (Phi) is 3.04. The van der Waals surface area contributed by atoms with Gasteiger partial charge in [0, 0.05) is 11.5 Å². The van der Waals surface area contributed by atoms with Gasteiger partial charge in [-0.25, -0.2) is 4.79 Å². The number of carboxylic acids is 1. The Labute approximate surface area is 94.1 Å². The van der Waals surface area contributed by atoms with Crippen LogP contribution in [0.25, 0.3) is 0 Å². The van der Waals surface area contributed by atoms with Crippen LogP contribution in [0.3, 0.4) is 0 Å². The second-order valence-corrected chi connectivity index (χ2v) is 4.23. The summed E-state index contributed by atoms with van der Waals surface area (Å²) in [6.45, 7) is 0. The van der Waals surface area contributed by atoms with Crippen molar-refractivity contribution in [3.8, 4) is 0 Å². The van der Waals surface area contributed by atoms with Crippen LogP contribution >= 0.6 is 0 Å². The molecule has 0 atom stereocenters. The van der Waals surface area contributed by atoms with Gasteiger partial charge >= 0.3 is 5.97 Å². The average Bonchev–Trinajstić information content (AvgIpc) is 2.81. The van der Waals surface area contributed by atoms with E-state index in [0.717, 1.165) is 25.7 Å². The molecule has 84 valence electrons. The molecule has 0 bridgehead atoms. The molecule has 0 aliphatic heterocycles. The van der Waals surface area contributed by atoms with E-state index in [2.05, 4.69) is 0 Å². The van der Waals surface area contributed by atoms with Gasteiger partial charge in [-0.05, 0) is 25.0 Å². The van der Waals surface area contributed by atoms with E-state index in [1.165, 1.54) is 12.1 Å². The lowest BCUT2D eigenvalue weighted by Crippen LogP contribution is -2.11. The minimum absolute atomic E-state index is 0.0978. The molecule has 1 N–H and O–H groups in total. The number of ketones is 1. The number of rotatable bonds is 3. The second kappa shape index (κ2) is 4.47. The van der Waals surface area contributed by atoms with E-state index in [1.807, 2.05) is 0 Å². The number of hydrogen-bond acceptors (Lipinski definition) is 2. The van der Waals surface area contributed by atoms with Crippen molar-refractivity contribution in [3.05, 3.63) is 35.4 Å². The van der Waals surface area contributed by atoms with E-state index < -0.39 is 5.97 Å². The summed E-state index contributed by atoms with van der Waals surface area (Å²) >= 11 is 0. The Balaban J connectivity index is 2.22. The minimum atomic E-state index is -0.985. The topological polar surface area (TPSA) is 54.4 Å². The van der Waals surface area contributed by atoms with E-state index in [4.69, 9.17) is 5.11 Å². The lowest BCUT2D eigenvalue weighted by atomic mass is 9.95. The number of hydrogen-bond donors (Lipinski definition) is 1. The fourth-order valence-corrected chi connectivity index (χ4v) is 2.23. The summed E-state index contributed by atoms with van der Waals surface area (Å²) in [7, 11) is 0. The van der Waals surface area contributed by atoms with Gasteiger partial charge < -0.3 is 5.11 Å². The summed E-state index contributed by atoms with van der Waals surface area (Å²) in [5.41, 5.74) is 0.718. The molecule has 1 aromatic carbocycles. The first-order valence-corrected chi connectivity index (χ1v) is 5.56. The van der Waals surface area contributed by atoms with Gasteiger partial charge in [0.2, 0.25) is 0 Å². The normalized spacial score (nSPS) is 16.2. The molecule has 0 spiro atoms. The maximum absolute atomic E-state index is 12.0. The van der Waals surface area contributed by atoms with Gasteiger partial charge in [-0.15, -0.1) is 0 Å². The number of carbonyl (C=O) groups is 2. The third-order valence-corrected chi connectivity index (χ3v) is 3.12. The van der Waals surface area contributed by atoms with E-state index >= 15 is 0 Å². The van der Waals surface area contributed by atoms with Crippen LogP contribution in [0.15, 0.2) is 24.3 Å². The molecule has 3 heteroatoms. The third kappa shape index (κ3) is 2.13. The summed E-state index contributed by atoms with van der Waals surface area (Å²) in [4.78, 5) is 22.8. The molecule has 1 saturated carbocycles. The molecule has 0 amide bonds. The van der Waals surface area contributed by atoms with Crippen molar-refractivity contribution in [1.82, 2.24) is 0 Å². The molecule has 1 aliphatic carbocycles. The molecule has 2 rings (SSSR count). The van der Waals surface area contributed by atoms with Crippen molar-refractivity contribution in [2.45, 2.75) is 25.7 Å². The smallest absolute Gasteiger partial charge is 0.335 e. The average molecular weight is 218 g/mol. The van der Waals surface area contributed by atoms with Crippen molar-refractivity contribution < 1.29 is 14.7 Å². The fraction of sp³-hybridized carbons (Fsp3) is 0.385. The van der Waals surface area contributed by atoms with E-state index in [0.29, 0.717) is 5.56 Å². The number of Topliss-reactive ketones (excluding diaryl/α,β-unsaturated/α-hetero) is 1. The first kappa shape index (κ1) is 10.9. The molecule has 0 heterocycles. The highest BCUT2D eigenvalue weighted by Gasteiger charge is 2.24. The van der Waals surface area contributed by atoms with Gasteiger partial charge in [-0.1, -0.05) is 25.0 Å². The maximum Gasteiger partial charge on any atom is 0.335 e. The third-order valence-electron chi connectivity index (χ3n) is 3.12. The first-order valence-electron chi connectivity index (χ1n) is 5.56. The zero-order valence-corrected chi connectivity index (χ0v) is 8.98. The summed E-state index contributed by atoms with van der Waals surface area (Å²) < 4.78 is 0. The van der Waals surface area contributed by atoms with E-state index in [9.17, 15) is 9.59 Å².